The van der Waals surface area contributed by atoms with Crippen LogP contribution >= 0.6 is 0 Å². The number of rotatable bonds is 20. The number of carbonyl (C=O) groups excluding carboxylic acids is 4. The number of alkyl carbamates (subject to hydrolysis) is 1. The lowest BCUT2D eigenvalue weighted by atomic mass is 9.85. The number of pyridine rings is 2. The van der Waals surface area contributed by atoms with Crippen LogP contribution in [0.4, 0.5) is 16.4 Å². The molecule has 21 heteroatoms. The molecular weight excluding hydrogens is 875 g/mol. The number of nitriles is 1. The number of aryl methyl sites for hydroxylation is 1. The molecule has 4 aromatic heterocycles. The van der Waals surface area contributed by atoms with E-state index < -0.39 is 22.7 Å². The van der Waals surface area contributed by atoms with Crippen LogP contribution in [0.1, 0.15) is 103 Å². The summed E-state index contributed by atoms with van der Waals surface area (Å²) in [5, 5.41) is 36.8. The quantitative estimate of drug-likeness (QED) is 0.0451. The molecule has 5 N–H and O–H groups in total. The Hall–Kier alpha value is -6.66. The Morgan fingerprint density at radius 2 is 1.78 bits per heavy atom. The Morgan fingerprint density at radius 3 is 2.49 bits per heavy atom. The van der Waals surface area contributed by atoms with Crippen molar-refractivity contribution < 1.29 is 33.6 Å². The Balaban J connectivity index is 0.902. The van der Waals surface area contributed by atoms with Gasteiger partial charge in [0, 0.05) is 80.3 Å². The van der Waals surface area contributed by atoms with Crippen LogP contribution in [0.5, 0.6) is 0 Å². The molecule has 1 aliphatic carbocycles. The monoisotopic (exact) mass is 940 g/mol. The average molecular weight is 940 g/mol. The minimum absolute atomic E-state index is 0.0279. The molecule has 5 heterocycles. The van der Waals surface area contributed by atoms with E-state index in [2.05, 4.69) is 66.4 Å². The molecule has 1 saturated heterocycles. The highest BCUT2D eigenvalue weighted by molar-refractivity contribution is 6.00. The summed E-state index contributed by atoms with van der Waals surface area (Å²) < 4.78 is 14.5. The normalized spacial score (nSPS) is 18.7. The fraction of sp³-hybridized carbons (Fsp3) is 0.574. The minimum Gasteiger partial charge on any atom is -0.444 e. The molecule has 0 bridgehead atoms. The predicted octanol–water partition coefficient (Wildman–Crippen LogP) is 4.84. The summed E-state index contributed by atoms with van der Waals surface area (Å²) in [7, 11) is 0. The van der Waals surface area contributed by atoms with E-state index in [9.17, 15) is 34.6 Å². The van der Waals surface area contributed by atoms with Gasteiger partial charge in [0.2, 0.25) is 11.8 Å². The zero-order valence-electron chi connectivity index (χ0n) is 40.0. The predicted molar refractivity (Wildman–Crippen MR) is 253 cm³/mol. The van der Waals surface area contributed by atoms with E-state index in [0.29, 0.717) is 99.8 Å². The first-order chi connectivity index (χ1) is 32.3. The van der Waals surface area contributed by atoms with E-state index in [1.165, 1.54) is 23.2 Å². The highest BCUT2D eigenvalue weighted by Gasteiger charge is 2.41. The van der Waals surface area contributed by atoms with E-state index in [1.54, 1.807) is 33.0 Å². The Labute approximate surface area is 396 Å². The summed E-state index contributed by atoms with van der Waals surface area (Å²) >= 11 is 0. The summed E-state index contributed by atoms with van der Waals surface area (Å²) in [5.74, 6) is -0.505. The molecule has 4 amide bonds. The number of likely N-dealkylation sites (tertiary alicyclic amines) is 1. The molecule has 2 fully saturated rings. The van der Waals surface area contributed by atoms with E-state index in [-0.39, 0.29) is 66.1 Å². The zero-order chi connectivity index (χ0) is 49.2. The summed E-state index contributed by atoms with van der Waals surface area (Å²) in [6.45, 7) is 16.6. The van der Waals surface area contributed by atoms with Gasteiger partial charge in [-0.2, -0.15) is 5.26 Å². The third kappa shape index (κ3) is 13.7. The van der Waals surface area contributed by atoms with Crippen LogP contribution < -0.4 is 26.6 Å². The van der Waals surface area contributed by atoms with Crippen molar-refractivity contribution in [2.75, 3.05) is 44.7 Å². The molecule has 21 nitrogen and oxygen atoms in total. The van der Waals surface area contributed by atoms with Crippen LogP contribution in [0.25, 0.3) is 16.9 Å². The first-order valence-electron chi connectivity index (χ1n) is 23.3. The number of anilines is 1. The smallest absolute Gasteiger partial charge is 0.434 e. The Morgan fingerprint density at radius 1 is 1.01 bits per heavy atom. The number of fused-ring (bicyclic) bond motifs is 1. The summed E-state index contributed by atoms with van der Waals surface area (Å²) in [4.78, 5) is 78.9. The maximum Gasteiger partial charge on any atom is 0.434 e. The number of amides is 4. The first-order valence-corrected chi connectivity index (χ1v) is 23.3. The molecule has 0 spiro atoms. The van der Waals surface area contributed by atoms with Crippen LogP contribution in [0.15, 0.2) is 49.2 Å². The number of ether oxygens (including phenoxy) is 2. The van der Waals surface area contributed by atoms with Gasteiger partial charge in [-0.15, -0.1) is 0 Å². The molecule has 68 heavy (non-hydrogen) atoms. The highest BCUT2D eigenvalue weighted by atomic mass is 16.6. The van der Waals surface area contributed by atoms with Gasteiger partial charge in [0.05, 0.1) is 36.6 Å². The summed E-state index contributed by atoms with van der Waals surface area (Å²) in [5.41, 5.74) is 1.11. The summed E-state index contributed by atoms with van der Waals surface area (Å²) in [6, 6.07) is 6.38. The topological polar surface area (TPSA) is 266 Å². The van der Waals surface area contributed by atoms with Gasteiger partial charge in [-0.3, -0.25) is 23.9 Å². The zero-order valence-corrected chi connectivity index (χ0v) is 40.0. The molecule has 0 aromatic carbocycles. The maximum absolute atomic E-state index is 13.7. The van der Waals surface area contributed by atoms with Crippen LogP contribution in [0, 0.1) is 32.8 Å². The molecule has 1 aliphatic heterocycles. The third-order valence-corrected chi connectivity index (χ3v) is 12.1. The maximum atomic E-state index is 13.7. The molecule has 4 aromatic rings. The summed E-state index contributed by atoms with van der Waals surface area (Å²) in [6.07, 6.45) is 10.2. The lowest BCUT2D eigenvalue weighted by Gasteiger charge is -2.29. The van der Waals surface area contributed by atoms with Crippen LogP contribution in [0.3, 0.4) is 0 Å². The molecule has 366 valence electrons. The number of nitrogens with one attached hydrogen (secondary N) is 5. The van der Waals surface area contributed by atoms with Gasteiger partial charge in [0.15, 0.2) is 0 Å². The molecule has 2 atom stereocenters. The van der Waals surface area contributed by atoms with Crippen molar-refractivity contribution in [2.45, 2.75) is 123 Å². The molecule has 6 rings (SSSR count). The van der Waals surface area contributed by atoms with Gasteiger partial charge in [-0.05, 0) is 95.6 Å². The lowest BCUT2D eigenvalue weighted by Crippen LogP contribution is -2.53. The number of nitro groups is 1. The number of imidazole rings is 1. The Bertz CT molecular complexity index is 2460. The van der Waals surface area contributed by atoms with Gasteiger partial charge < -0.3 is 46.2 Å². The van der Waals surface area contributed by atoms with Crippen molar-refractivity contribution in [3.8, 4) is 11.9 Å². The average Bonchev–Trinajstić information content (AvgIpc) is 4.00. The van der Waals surface area contributed by atoms with E-state index >= 15 is 0 Å². The van der Waals surface area contributed by atoms with Crippen molar-refractivity contribution in [3.63, 3.8) is 0 Å². The lowest BCUT2D eigenvalue weighted by molar-refractivity contribution is -0.396. The minimum atomic E-state index is -0.932. The van der Waals surface area contributed by atoms with Gasteiger partial charge in [0.1, 0.15) is 41.6 Å². The van der Waals surface area contributed by atoms with Crippen LogP contribution in [-0.2, 0) is 25.6 Å². The second-order valence-electron chi connectivity index (χ2n) is 19.6. The first kappa shape index (κ1) is 50.7. The van der Waals surface area contributed by atoms with Crippen molar-refractivity contribution in [3.05, 3.63) is 70.4 Å². The second kappa shape index (κ2) is 22.4. The largest absolute Gasteiger partial charge is 0.444 e. The SMILES string of the molecule is CC(C)Nc1cc(-n2ccc3cc(C#N)cnc32)ncc1C(=O)NC1CCC(C(=O)NCCOCCN2C[C@H](NC(=O)[C@H](CCCn3ccnc3[N+](=O)[O-])NC(=O)OC(C)(C)C)C(C)(C)C2)CC1. The highest BCUT2D eigenvalue weighted by Crippen LogP contribution is 2.30. The van der Waals surface area contributed by atoms with Gasteiger partial charge in [0.25, 0.3) is 5.91 Å². The number of aromatic nitrogens is 5. The number of carbonyl (C=O) groups is 4. The third-order valence-electron chi connectivity index (χ3n) is 12.1. The molecule has 0 radical (unpaired) electrons. The second-order valence-corrected chi connectivity index (χ2v) is 19.6. The van der Waals surface area contributed by atoms with Gasteiger partial charge in [-0.1, -0.05) is 18.8 Å². The molecule has 2 aliphatic rings. The molecule has 1 saturated carbocycles. The molecule has 0 unspecified atom stereocenters. The molecular formula is C47H65N13O8. The standard InChI is InChI=1S/C47H65N13O8/c1-30(2)53-37-24-39(59-18-14-33-23-31(25-48)26-52-40(33)59)51-27-35(37)42(62)54-34-12-10-32(11-13-34)41(61)49-16-21-67-22-20-57-28-38(47(6,7)29-57)56-43(63)36(55-45(64)68-46(3,4)5)9-8-17-58-19-15-50-44(58)60(65)66/h14-15,18-19,23-24,26-27,30,32,34,36,38H,8-13,16-17,20-22,28-29H2,1-7H3,(H,49,61)(H,51,53)(H,54,62)(H,55,64)(H,56,63)/t32?,34?,36-,38-/m0/s1. The van der Waals surface area contributed by atoms with Gasteiger partial charge >= 0.3 is 12.0 Å². The van der Waals surface area contributed by atoms with Crippen molar-refractivity contribution >= 4 is 46.5 Å². The van der Waals surface area contributed by atoms with Crippen molar-refractivity contribution in [1.82, 2.24) is 50.3 Å². The number of nitrogens with zero attached hydrogens (tertiary/aromatic N) is 8. The van der Waals surface area contributed by atoms with E-state index in [1.807, 2.05) is 36.7 Å². The fourth-order valence-corrected chi connectivity index (χ4v) is 8.68. The van der Waals surface area contributed by atoms with E-state index in [0.717, 1.165) is 5.39 Å². The van der Waals surface area contributed by atoms with Crippen molar-refractivity contribution in [1.29, 1.82) is 5.26 Å². The fourth-order valence-electron chi connectivity index (χ4n) is 8.68. The number of hydrogen-bond donors (Lipinski definition) is 5. The van der Waals surface area contributed by atoms with E-state index in [4.69, 9.17) is 9.47 Å². The van der Waals surface area contributed by atoms with Crippen LogP contribution in [-0.4, -0.2) is 127 Å². The van der Waals surface area contributed by atoms with Crippen LogP contribution in [0.2, 0.25) is 0 Å². The Kier molecular flexibility index (Phi) is 16.7. The van der Waals surface area contributed by atoms with Gasteiger partial charge in [-0.25, -0.2) is 19.3 Å². The van der Waals surface area contributed by atoms with Crippen molar-refractivity contribution in [2.24, 2.45) is 11.3 Å². The number of hydrogen-bond acceptors (Lipinski definition) is 14.